The van der Waals surface area contributed by atoms with E-state index in [-0.39, 0.29) is 30.5 Å². The molecule has 0 saturated carbocycles. The lowest BCUT2D eigenvalue weighted by atomic mass is 9.83. The maximum Gasteiger partial charge on any atom is 0.412 e. The summed E-state index contributed by atoms with van der Waals surface area (Å²) in [5.41, 5.74) is 0.692. The van der Waals surface area contributed by atoms with Crippen LogP contribution in [0.5, 0.6) is 0 Å². The summed E-state index contributed by atoms with van der Waals surface area (Å²) in [6.45, 7) is 1.24. The number of nitrogens with one attached hydrogen (secondary N) is 3. The van der Waals surface area contributed by atoms with Crippen molar-refractivity contribution in [3.05, 3.63) is 58.6 Å². The Morgan fingerprint density at radius 1 is 1.11 bits per heavy atom. The number of likely N-dealkylation sites (tertiary alicyclic amines) is 2. The minimum absolute atomic E-state index is 0.0243. The molecule has 0 radical (unpaired) electrons. The van der Waals surface area contributed by atoms with Gasteiger partial charge in [-0.1, -0.05) is 11.6 Å². The van der Waals surface area contributed by atoms with E-state index in [1.165, 1.54) is 36.3 Å². The number of rotatable bonds is 7. The first-order chi connectivity index (χ1) is 21.1. The monoisotopic (exact) mass is 627 g/mol. The Hall–Kier alpha value is -4.36. The quantitative estimate of drug-likeness (QED) is 0.422. The summed E-state index contributed by atoms with van der Waals surface area (Å²) in [6.07, 6.45) is -0.00986. The Balaban J connectivity index is 1.37. The smallest absolute Gasteiger partial charge is 0.412 e. The average Bonchev–Trinajstić information content (AvgIpc) is 3.51. The van der Waals surface area contributed by atoms with Gasteiger partial charge in [0, 0.05) is 48.6 Å². The van der Waals surface area contributed by atoms with E-state index in [9.17, 15) is 24.0 Å². The fourth-order valence-corrected chi connectivity index (χ4v) is 6.04. The van der Waals surface area contributed by atoms with Gasteiger partial charge in [-0.25, -0.2) is 9.59 Å². The molecule has 0 unspecified atom stereocenters. The first-order valence-corrected chi connectivity index (χ1v) is 14.6. The van der Waals surface area contributed by atoms with Crippen molar-refractivity contribution < 1.29 is 38.2 Å². The van der Waals surface area contributed by atoms with Gasteiger partial charge in [-0.3, -0.25) is 25.0 Å². The van der Waals surface area contributed by atoms with Crippen LogP contribution in [0.4, 0.5) is 21.0 Å². The van der Waals surface area contributed by atoms with Crippen LogP contribution in [0.3, 0.4) is 0 Å². The normalized spacial score (nSPS) is 21.5. The van der Waals surface area contributed by atoms with Crippen molar-refractivity contribution >= 4 is 52.9 Å². The molecule has 1 spiro atoms. The Morgan fingerprint density at radius 3 is 2.59 bits per heavy atom. The number of carbonyl (C=O) groups excluding carboxylic acids is 5. The first kappa shape index (κ1) is 31.1. The number of carbonyl (C=O) groups is 5. The van der Waals surface area contributed by atoms with Crippen LogP contribution in [0.1, 0.15) is 41.6 Å². The summed E-state index contributed by atoms with van der Waals surface area (Å²) < 4.78 is 15.8. The molecule has 5 rings (SSSR count). The van der Waals surface area contributed by atoms with Crippen LogP contribution < -0.4 is 16.0 Å². The van der Waals surface area contributed by atoms with Crippen molar-refractivity contribution in [2.24, 2.45) is 0 Å². The molecule has 3 aliphatic heterocycles. The Bertz CT molecular complexity index is 1450. The van der Waals surface area contributed by atoms with Gasteiger partial charge in [0.2, 0.25) is 11.8 Å². The SMILES string of the molecule is COC(=O)Nc1ccc(C(=O)N[C@@H](CC(=O)N2CC[C@@H](OC)C2)C(=O)N2CCC[C@@]3(C2)OC(=O)Nc2ccc(Cl)cc23)cc1. The number of hydrogen-bond acceptors (Lipinski definition) is 8. The molecule has 234 valence electrons. The Labute approximate surface area is 259 Å². The number of halogens is 1. The Kier molecular flexibility index (Phi) is 9.25. The van der Waals surface area contributed by atoms with Crippen LogP contribution >= 0.6 is 11.6 Å². The van der Waals surface area contributed by atoms with Crippen LogP contribution in [-0.2, 0) is 29.4 Å². The summed E-state index contributed by atoms with van der Waals surface area (Å²) in [5, 5.41) is 8.39. The van der Waals surface area contributed by atoms with E-state index in [0.29, 0.717) is 60.9 Å². The van der Waals surface area contributed by atoms with Gasteiger partial charge in [0.25, 0.3) is 5.91 Å². The molecule has 2 aromatic carbocycles. The zero-order chi connectivity index (χ0) is 31.4. The molecule has 0 bridgehead atoms. The molecule has 0 aromatic heterocycles. The predicted molar refractivity (Wildman–Crippen MR) is 159 cm³/mol. The van der Waals surface area contributed by atoms with E-state index in [1.807, 2.05) is 0 Å². The van der Waals surface area contributed by atoms with Gasteiger partial charge < -0.3 is 29.3 Å². The van der Waals surface area contributed by atoms with E-state index < -0.39 is 35.6 Å². The number of nitrogens with zero attached hydrogens (tertiary/aromatic N) is 2. The molecule has 44 heavy (non-hydrogen) atoms. The number of benzene rings is 2. The van der Waals surface area contributed by atoms with Gasteiger partial charge in [0.15, 0.2) is 5.60 Å². The van der Waals surface area contributed by atoms with Crippen molar-refractivity contribution in [1.29, 1.82) is 0 Å². The van der Waals surface area contributed by atoms with Crippen molar-refractivity contribution in [1.82, 2.24) is 15.1 Å². The molecule has 3 aliphatic rings. The summed E-state index contributed by atoms with van der Waals surface area (Å²) in [4.78, 5) is 68.0. The third-order valence-electron chi connectivity index (χ3n) is 8.16. The summed E-state index contributed by atoms with van der Waals surface area (Å²) in [5.74, 6) is -1.34. The number of amides is 5. The Morgan fingerprint density at radius 2 is 1.89 bits per heavy atom. The minimum atomic E-state index is -1.20. The standard InChI is InChI=1S/C30H34ClN5O8/c1-42-21-10-13-35(16-21)25(37)15-24(33-26(38)18-4-7-20(8-5-18)32-28(40)43-2)27(39)36-12-3-11-30(17-36)22-14-19(31)6-9-23(22)34-29(41)44-30/h4-9,14,21,24H,3,10-13,15-17H2,1-2H3,(H,32,40)(H,33,38)(H,34,41)/t21-,24+,30+/m1/s1. The molecule has 3 N–H and O–H groups in total. The molecule has 3 atom stereocenters. The van der Waals surface area contributed by atoms with Crippen molar-refractivity contribution in [3.8, 4) is 0 Å². The summed E-state index contributed by atoms with van der Waals surface area (Å²) in [7, 11) is 2.82. The lowest BCUT2D eigenvalue weighted by Crippen LogP contribution is -2.57. The summed E-state index contributed by atoms with van der Waals surface area (Å²) >= 11 is 6.29. The first-order valence-electron chi connectivity index (χ1n) is 14.3. The second-order valence-corrected chi connectivity index (χ2v) is 11.4. The maximum atomic E-state index is 14.1. The van der Waals surface area contributed by atoms with Gasteiger partial charge >= 0.3 is 12.2 Å². The molecule has 5 amide bonds. The lowest BCUT2D eigenvalue weighted by molar-refractivity contribution is -0.144. The molecule has 3 heterocycles. The molecule has 2 fully saturated rings. The predicted octanol–water partition coefficient (Wildman–Crippen LogP) is 3.33. The van der Waals surface area contributed by atoms with Gasteiger partial charge in [0.05, 0.1) is 31.9 Å². The number of piperidine rings is 1. The highest BCUT2D eigenvalue weighted by molar-refractivity contribution is 6.30. The topological polar surface area (TPSA) is 156 Å². The van der Waals surface area contributed by atoms with Crippen molar-refractivity contribution in [2.75, 3.05) is 51.0 Å². The third kappa shape index (κ3) is 6.73. The zero-order valence-corrected chi connectivity index (χ0v) is 25.1. The van der Waals surface area contributed by atoms with Gasteiger partial charge in [0.1, 0.15) is 6.04 Å². The van der Waals surface area contributed by atoms with E-state index in [1.54, 1.807) is 30.2 Å². The largest absolute Gasteiger partial charge is 0.453 e. The number of methoxy groups -OCH3 is 2. The summed E-state index contributed by atoms with van der Waals surface area (Å²) in [6, 6.07) is 9.88. The average molecular weight is 628 g/mol. The molecular formula is C30H34ClN5O8. The van der Waals surface area contributed by atoms with Crippen molar-refractivity contribution in [3.63, 3.8) is 0 Å². The van der Waals surface area contributed by atoms with E-state index in [2.05, 4.69) is 20.7 Å². The molecule has 2 saturated heterocycles. The van der Waals surface area contributed by atoms with Gasteiger partial charge in [-0.2, -0.15) is 0 Å². The second-order valence-electron chi connectivity index (χ2n) is 11.0. The van der Waals surface area contributed by atoms with Crippen LogP contribution in [0.2, 0.25) is 5.02 Å². The molecular weight excluding hydrogens is 594 g/mol. The zero-order valence-electron chi connectivity index (χ0n) is 24.4. The molecule has 14 heteroatoms. The van der Waals surface area contributed by atoms with Crippen molar-refractivity contribution in [2.45, 2.75) is 43.4 Å². The molecule has 2 aromatic rings. The highest BCUT2D eigenvalue weighted by Crippen LogP contribution is 2.43. The number of ether oxygens (including phenoxy) is 3. The third-order valence-corrected chi connectivity index (χ3v) is 8.39. The highest BCUT2D eigenvalue weighted by atomic mass is 35.5. The fraction of sp³-hybridized carbons (Fsp3) is 0.433. The van der Waals surface area contributed by atoms with Crippen LogP contribution in [0, 0.1) is 0 Å². The van der Waals surface area contributed by atoms with Gasteiger partial charge in [-0.15, -0.1) is 0 Å². The van der Waals surface area contributed by atoms with E-state index in [0.717, 1.165) is 0 Å². The fourth-order valence-electron chi connectivity index (χ4n) is 5.87. The number of fused-ring (bicyclic) bond motifs is 2. The molecule has 13 nitrogen and oxygen atoms in total. The lowest BCUT2D eigenvalue weighted by Gasteiger charge is -2.45. The molecule has 0 aliphatic carbocycles. The van der Waals surface area contributed by atoms with Gasteiger partial charge in [-0.05, 0) is 61.7 Å². The second kappa shape index (κ2) is 13.1. The maximum absolute atomic E-state index is 14.1. The number of hydrogen-bond donors (Lipinski definition) is 3. The van der Waals surface area contributed by atoms with E-state index in [4.69, 9.17) is 21.1 Å². The van der Waals surface area contributed by atoms with Crippen LogP contribution in [0.15, 0.2) is 42.5 Å². The highest BCUT2D eigenvalue weighted by Gasteiger charge is 2.47. The number of anilines is 2. The van der Waals surface area contributed by atoms with Crippen LogP contribution in [0.25, 0.3) is 0 Å². The van der Waals surface area contributed by atoms with E-state index >= 15 is 0 Å². The minimum Gasteiger partial charge on any atom is -0.453 e. The van der Waals surface area contributed by atoms with Crippen LogP contribution in [-0.4, -0.2) is 92.3 Å².